The number of piperidine rings is 1. The SMILES string of the molecule is COC(=O)[C@H]1CCCN(CC(O)c2cc(F)ccc2F)C1. The summed E-state index contributed by atoms with van der Waals surface area (Å²) < 4.78 is 31.5. The van der Waals surface area contributed by atoms with Gasteiger partial charge in [0.05, 0.1) is 19.1 Å². The van der Waals surface area contributed by atoms with Crippen LogP contribution < -0.4 is 0 Å². The van der Waals surface area contributed by atoms with Crippen molar-refractivity contribution in [3.05, 3.63) is 35.4 Å². The van der Waals surface area contributed by atoms with E-state index >= 15 is 0 Å². The molecule has 1 aliphatic heterocycles. The van der Waals surface area contributed by atoms with Crippen LogP contribution in [0.5, 0.6) is 0 Å². The second-order valence-corrected chi connectivity index (χ2v) is 5.30. The van der Waals surface area contributed by atoms with Gasteiger partial charge < -0.3 is 9.84 Å². The number of aliphatic hydroxyl groups excluding tert-OH is 1. The van der Waals surface area contributed by atoms with Gasteiger partial charge >= 0.3 is 5.97 Å². The van der Waals surface area contributed by atoms with Crippen molar-refractivity contribution in [2.45, 2.75) is 18.9 Å². The maximum atomic E-state index is 13.6. The molecule has 0 saturated carbocycles. The number of nitrogens with zero attached hydrogens (tertiary/aromatic N) is 1. The Hall–Kier alpha value is -1.53. The van der Waals surface area contributed by atoms with Gasteiger partial charge in [0.1, 0.15) is 11.6 Å². The minimum Gasteiger partial charge on any atom is -0.469 e. The topological polar surface area (TPSA) is 49.8 Å². The molecule has 1 fully saturated rings. The molecule has 1 unspecified atom stereocenters. The molecular formula is C15H19F2NO3. The van der Waals surface area contributed by atoms with Crippen LogP contribution in [0.3, 0.4) is 0 Å². The lowest BCUT2D eigenvalue weighted by Crippen LogP contribution is -2.41. The first-order chi connectivity index (χ1) is 10.0. The third-order valence-corrected chi connectivity index (χ3v) is 3.79. The summed E-state index contributed by atoms with van der Waals surface area (Å²) in [7, 11) is 1.35. The molecule has 6 heteroatoms. The Bertz CT molecular complexity index is 510. The van der Waals surface area contributed by atoms with Crippen molar-refractivity contribution in [3.8, 4) is 0 Å². The number of halogens is 2. The summed E-state index contributed by atoms with van der Waals surface area (Å²) in [5.74, 6) is -1.72. The number of carbonyl (C=O) groups is 1. The Kier molecular flexibility index (Phi) is 5.25. The van der Waals surface area contributed by atoms with E-state index in [1.54, 1.807) is 0 Å². The lowest BCUT2D eigenvalue weighted by atomic mass is 9.97. The maximum absolute atomic E-state index is 13.6. The van der Waals surface area contributed by atoms with Crippen molar-refractivity contribution in [1.29, 1.82) is 0 Å². The smallest absolute Gasteiger partial charge is 0.309 e. The molecule has 1 heterocycles. The highest BCUT2D eigenvalue weighted by molar-refractivity contribution is 5.72. The molecule has 1 aromatic carbocycles. The van der Waals surface area contributed by atoms with Crippen molar-refractivity contribution in [2.75, 3.05) is 26.7 Å². The lowest BCUT2D eigenvalue weighted by molar-refractivity contribution is -0.147. The average Bonchev–Trinajstić information content (AvgIpc) is 2.49. The zero-order valence-corrected chi connectivity index (χ0v) is 11.9. The molecule has 0 spiro atoms. The van der Waals surface area contributed by atoms with Gasteiger partial charge in [0.2, 0.25) is 0 Å². The fraction of sp³-hybridized carbons (Fsp3) is 0.533. The first-order valence-corrected chi connectivity index (χ1v) is 6.94. The minimum absolute atomic E-state index is 0.0600. The molecular weight excluding hydrogens is 280 g/mol. The van der Waals surface area contributed by atoms with Gasteiger partial charge in [-0.05, 0) is 37.6 Å². The van der Waals surface area contributed by atoms with Crippen LogP contribution in [0.25, 0.3) is 0 Å². The van der Waals surface area contributed by atoms with Crippen LogP contribution in [-0.4, -0.2) is 42.7 Å². The number of methoxy groups -OCH3 is 1. The van der Waals surface area contributed by atoms with Gasteiger partial charge in [0.25, 0.3) is 0 Å². The highest BCUT2D eigenvalue weighted by Gasteiger charge is 2.28. The number of benzene rings is 1. The molecule has 0 aliphatic carbocycles. The summed E-state index contributed by atoms with van der Waals surface area (Å²) in [6, 6.07) is 3.02. The van der Waals surface area contributed by atoms with E-state index in [0.717, 1.165) is 31.0 Å². The summed E-state index contributed by atoms with van der Waals surface area (Å²) in [6.07, 6.45) is 0.420. The standard InChI is InChI=1S/C15H19F2NO3/c1-21-15(20)10-3-2-6-18(8-10)9-14(19)12-7-11(16)4-5-13(12)17/h4-5,7,10,14,19H,2-3,6,8-9H2,1H3/t10-,14?/m0/s1. The van der Waals surface area contributed by atoms with Crippen molar-refractivity contribution >= 4 is 5.97 Å². The summed E-state index contributed by atoms with van der Waals surface area (Å²) in [5.41, 5.74) is -0.0600. The van der Waals surface area contributed by atoms with Gasteiger partial charge in [-0.25, -0.2) is 8.78 Å². The molecule has 21 heavy (non-hydrogen) atoms. The number of β-amino-alcohol motifs (C(OH)–C–C–N with tert-alkyl or cyclic N) is 1. The van der Waals surface area contributed by atoms with Crippen molar-refractivity contribution in [2.24, 2.45) is 5.92 Å². The minimum atomic E-state index is -1.13. The zero-order valence-electron chi connectivity index (χ0n) is 11.9. The molecule has 0 bridgehead atoms. The number of rotatable bonds is 4. The van der Waals surface area contributed by atoms with Gasteiger partial charge in [-0.15, -0.1) is 0 Å². The molecule has 1 N–H and O–H groups in total. The van der Waals surface area contributed by atoms with Crippen LogP contribution in [-0.2, 0) is 9.53 Å². The van der Waals surface area contributed by atoms with E-state index in [9.17, 15) is 18.7 Å². The van der Waals surface area contributed by atoms with Crippen molar-refractivity contribution < 1.29 is 23.4 Å². The number of carbonyl (C=O) groups excluding carboxylic acids is 1. The summed E-state index contributed by atoms with van der Waals surface area (Å²) in [6.45, 7) is 1.33. The average molecular weight is 299 g/mol. The second kappa shape index (κ2) is 6.95. The zero-order chi connectivity index (χ0) is 15.4. The first-order valence-electron chi connectivity index (χ1n) is 6.94. The number of esters is 1. The molecule has 0 amide bonds. The van der Waals surface area contributed by atoms with E-state index in [1.807, 2.05) is 4.90 Å². The second-order valence-electron chi connectivity index (χ2n) is 5.30. The Morgan fingerprint density at radius 2 is 2.29 bits per heavy atom. The highest BCUT2D eigenvalue weighted by Crippen LogP contribution is 2.23. The molecule has 1 aromatic rings. The normalized spacial score (nSPS) is 21.0. The molecule has 1 saturated heterocycles. The van der Waals surface area contributed by atoms with Gasteiger partial charge in [-0.1, -0.05) is 0 Å². The fourth-order valence-corrected chi connectivity index (χ4v) is 2.69. The van der Waals surface area contributed by atoms with Gasteiger partial charge in [-0.2, -0.15) is 0 Å². The quantitative estimate of drug-likeness (QED) is 0.863. The highest BCUT2D eigenvalue weighted by atomic mass is 19.1. The fourth-order valence-electron chi connectivity index (χ4n) is 2.69. The Labute approximate surface area is 122 Å². The molecule has 0 radical (unpaired) electrons. The van der Waals surface area contributed by atoms with Crippen LogP contribution in [0.15, 0.2) is 18.2 Å². The molecule has 2 rings (SSSR count). The Morgan fingerprint density at radius 1 is 1.52 bits per heavy atom. The molecule has 4 nitrogen and oxygen atoms in total. The summed E-state index contributed by atoms with van der Waals surface area (Å²) >= 11 is 0. The van der Waals surface area contributed by atoms with Gasteiger partial charge in [0.15, 0.2) is 0 Å². The largest absolute Gasteiger partial charge is 0.469 e. The third kappa shape index (κ3) is 3.98. The maximum Gasteiger partial charge on any atom is 0.309 e. The molecule has 0 aromatic heterocycles. The summed E-state index contributed by atoms with van der Waals surface area (Å²) in [5, 5.41) is 10.1. The molecule has 1 aliphatic rings. The molecule has 116 valence electrons. The molecule has 2 atom stereocenters. The number of likely N-dealkylation sites (tertiary alicyclic amines) is 1. The Morgan fingerprint density at radius 3 is 3.00 bits per heavy atom. The number of hydrogen-bond donors (Lipinski definition) is 1. The van der Waals surface area contributed by atoms with Crippen LogP contribution in [0.2, 0.25) is 0 Å². The van der Waals surface area contributed by atoms with Crippen molar-refractivity contribution in [3.63, 3.8) is 0 Å². The van der Waals surface area contributed by atoms with Gasteiger partial charge in [0, 0.05) is 18.7 Å². The predicted molar refractivity (Wildman–Crippen MR) is 72.5 cm³/mol. The van der Waals surface area contributed by atoms with Crippen LogP contribution in [0.4, 0.5) is 8.78 Å². The van der Waals surface area contributed by atoms with Crippen molar-refractivity contribution in [1.82, 2.24) is 4.90 Å². The first kappa shape index (κ1) is 15.9. The number of ether oxygens (including phenoxy) is 1. The van der Waals surface area contributed by atoms with Crippen LogP contribution in [0.1, 0.15) is 24.5 Å². The lowest BCUT2D eigenvalue weighted by Gasteiger charge is -2.32. The predicted octanol–water partition coefficient (Wildman–Crippen LogP) is 1.88. The van der Waals surface area contributed by atoms with E-state index in [2.05, 4.69) is 0 Å². The van der Waals surface area contributed by atoms with Crippen LogP contribution in [0, 0.1) is 17.6 Å². The Balaban J connectivity index is 2.00. The summed E-state index contributed by atoms with van der Waals surface area (Å²) in [4.78, 5) is 13.4. The van der Waals surface area contributed by atoms with E-state index in [1.165, 1.54) is 7.11 Å². The third-order valence-electron chi connectivity index (χ3n) is 3.79. The van der Waals surface area contributed by atoms with E-state index in [-0.39, 0.29) is 24.0 Å². The van der Waals surface area contributed by atoms with E-state index < -0.39 is 17.7 Å². The van der Waals surface area contributed by atoms with E-state index in [0.29, 0.717) is 13.1 Å². The van der Waals surface area contributed by atoms with Crippen LogP contribution >= 0.6 is 0 Å². The van der Waals surface area contributed by atoms with Gasteiger partial charge in [-0.3, -0.25) is 9.69 Å². The monoisotopic (exact) mass is 299 g/mol. The number of aliphatic hydroxyl groups is 1. The number of hydrogen-bond acceptors (Lipinski definition) is 4. The van der Waals surface area contributed by atoms with E-state index in [4.69, 9.17) is 4.74 Å².